The van der Waals surface area contributed by atoms with E-state index in [1.165, 1.54) is 22.0 Å². The largest absolute Gasteiger partial charge is 0.383 e. The zero-order valence-electron chi connectivity index (χ0n) is 15.7. The number of benzene rings is 1. The summed E-state index contributed by atoms with van der Waals surface area (Å²) in [6, 6.07) is 6.56. The van der Waals surface area contributed by atoms with Crippen LogP contribution in [0.15, 0.2) is 30.6 Å². The Labute approximate surface area is 154 Å². The summed E-state index contributed by atoms with van der Waals surface area (Å²) in [6.45, 7) is 8.93. The predicted octanol–water partition coefficient (Wildman–Crippen LogP) is 2.49. The summed E-state index contributed by atoms with van der Waals surface area (Å²) in [6.07, 6.45) is 4.08. The summed E-state index contributed by atoms with van der Waals surface area (Å²) < 4.78 is 2.25. The Morgan fingerprint density at radius 3 is 2.58 bits per heavy atom. The minimum Gasteiger partial charge on any atom is -0.383 e. The van der Waals surface area contributed by atoms with Gasteiger partial charge in [0.2, 0.25) is 5.95 Å². The summed E-state index contributed by atoms with van der Waals surface area (Å²) in [5.74, 6) is 1.32. The number of hydrogen-bond acceptors (Lipinski definition) is 5. The second-order valence-corrected chi connectivity index (χ2v) is 7.24. The zero-order valence-corrected chi connectivity index (χ0v) is 15.7. The molecule has 0 amide bonds. The van der Waals surface area contributed by atoms with Gasteiger partial charge in [-0.1, -0.05) is 18.2 Å². The molecule has 26 heavy (non-hydrogen) atoms. The lowest BCUT2D eigenvalue weighted by atomic mass is 10.1. The number of para-hydroxylation sites is 1. The van der Waals surface area contributed by atoms with E-state index in [0.717, 1.165) is 44.2 Å². The van der Waals surface area contributed by atoms with E-state index in [1.54, 1.807) is 0 Å². The summed E-state index contributed by atoms with van der Waals surface area (Å²) in [5, 5.41) is 1.37. The van der Waals surface area contributed by atoms with E-state index in [4.69, 9.17) is 5.73 Å². The molecule has 6 nitrogen and oxygen atoms in total. The van der Waals surface area contributed by atoms with Crippen LogP contribution >= 0.6 is 0 Å². The second-order valence-electron chi connectivity index (χ2n) is 7.24. The molecule has 1 aliphatic rings. The van der Waals surface area contributed by atoms with Crippen LogP contribution in [-0.2, 0) is 13.6 Å². The SMILES string of the molecule is Cc1cnc(N2CCN(Cc3cn(C)c4c(C)cccc34)CC2)nc1N. The first-order valence-electron chi connectivity index (χ1n) is 9.13. The molecular weight excluding hydrogens is 324 g/mol. The van der Waals surface area contributed by atoms with Gasteiger partial charge in [0.05, 0.1) is 5.52 Å². The Hall–Kier alpha value is -2.60. The number of fused-ring (bicyclic) bond motifs is 1. The van der Waals surface area contributed by atoms with Crippen molar-refractivity contribution in [2.45, 2.75) is 20.4 Å². The number of rotatable bonds is 3. The van der Waals surface area contributed by atoms with Gasteiger partial charge in [-0.2, -0.15) is 4.98 Å². The van der Waals surface area contributed by atoms with Crippen molar-refractivity contribution in [2.24, 2.45) is 7.05 Å². The Bertz CT molecular complexity index is 937. The van der Waals surface area contributed by atoms with Gasteiger partial charge in [-0.05, 0) is 25.0 Å². The molecular formula is C20H26N6. The number of aryl methyl sites for hydroxylation is 3. The third-order valence-corrected chi connectivity index (χ3v) is 5.33. The molecule has 3 aromatic rings. The van der Waals surface area contributed by atoms with Crippen LogP contribution in [0.3, 0.4) is 0 Å². The Morgan fingerprint density at radius 1 is 1.08 bits per heavy atom. The van der Waals surface area contributed by atoms with Gasteiger partial charge in [0, 0.05) is 63.1 Å². The zero-order chi connectivity index (χ0) is 18.3. The van der Waals surface area contributed by atoms with Crippen molar-refractivity contribution in [3.8, 4) is 0 Å². The lowest BCUT2D eigenvalue weighted by Crippen LogP contribution is -2.46. The summed E-state index contributed by atoms with van der Waals surface area (Å²) >= 11 is 0. The number of piperazine rings is 1. The number of aromatic nitrogens is 3. The first-order valence-corrected chi connectivity index (χ1v) is 9.13. The number of nitrogens with two attached hydrogens (primary N) is 1. The highest BCUT2D eigenvalue weighted by Crippen LogP contribution is 2.25. The molecule has 1 aromatic carbocycles. The van der Waals surface area contributed by atoms with Crippen LogP contribution in [0.1, 0.15) is 16.7 Å². The fourth-order valence-electron chi connectivity index (χ4n) is 3.82. The van der Waals surface area contributed by atoms with Gasteiger partial charge in [0.1, 0.15) is 5.82 Å². The summed E-state index contributed by atoms with van der Waals surface area (Å²) in [4.78, 5) is 13.6. The second kappa shape index (κ2) is 6.61. The van der Waals surface area contributed by atoms with Crippen molar-refractivity contribution >= 4 is 22.7 Å². The molecule has 1 fully saturated rings. The van der Waals surface area contributed by atoms with E-state index >= 15 is 0 Å². The van der Waals surface area contributed by atoms with E-state index in [1.807, 2.05) is 13.1 Å². The highest BCUT2D eigenvalue weighted by atomic mass is 15.3. The molecule has 2 N–H and O–H groups in total. The quantitative estimate of drug-likeness (QED) is 0.786. The average Bonchev–Trinajstić information content (AvgIpc) is 2.95. The molecule has 2 aromatic heterocycles. The molecule has 0 radical (unpaired) electrons. The standard InChI is InChI=1S/C20H26N6/c1-14-5-4-6-17-16(12-24(3)18(14)17)13-25-7-9-26(10-8-25)20-22-11-15(2)19(21)23-20/h4-6,11-12H,7-10,13H2,1-3H3,(H2,21,22,23). The van der Waals surface area contributed by atoms with E-state index in [9.17, 15) is 0 Å². The summed E-state index contributed by atoms with van der Waals surface area (Å²) in [5.41, 5.74) is 10.9. The van der Waals surface area contributed by atoms with Crippen LogP contribution in [0.2, 0.25) is 0 Å². The van der Waals surface area contributed by atoms with Crippen molar-refractivity contribution in [1.82, 2.24) is 19.4 Å². The maximum Gasteiger partial charge on any atom is 0.227 e. The molecule has 1 aliphatic heterocycles. The minimum atomic E-state index is 0.573. The lowest BCUT2D eigenvalue weighted by molar-refractivity contribution is 0.249. The van der Waals surface area contributed by atoms with Crippen molar-refractivity contribution in [3.05, 3.63) is 47.3 Å². The topological polar surface area (TPSA) is 63.2 Å². The number of nitrogens with zero attached hydrogens (tertiary/aromatic N) is 5. The third kappa shape index (κ3) is 3.01. The molecule has 136 valence electrons. The minimum absolute atomic E-state index is 0.573. The van der Waals surface area contributed by atoms with Crippen LogP contribution in [0.4, 0.5) is 11.8 Å². The van der Waals surface area contributed by atoms with Crippen molar-refractivity contribution in [2.75, 3.05) is 36.8 Å². The number of nitrogen functional groups attached to an aromatic ring is 1. The Morgan fingerprint density at radius 2 is 1.85 bits per heavy atom. The normalized spacial score (nSPS) is 15.7. The molecule has 6 heteroatoms. The highest BCUT2D eigenvalue weighted by Gasteiger charge is 2.20. The molecule has 0 aliphatic carbocycles. The van der Waals surface area contributed by atoms with Crippen LogP contribution in [0.5, 0.6) is 0 Å². The van der Waals surface area contributed by atoms with E-state index in [0.29, 0.717) is 5.82 Å². The van der Waals surface area contributed by atoms with Crippen LogP contribution < -0.4 is 10.6 Å². The van der Waals surface area contributed by atoms with Gasteiger partial charge in [-0.25, -0.2) is 4.98 Å². The van der Waals surface area contributed by atoms with Crippen molar-refractivity contribution in [3.63, 3.8) is 0 Å². The van der Waals surface area contributed by atoms with Crippen molar-refractivity contribution < 1.29 is 0 Å². The van der Waals surface area contributed by atoms with E-state index in [2.05, 4.69) is 62.7 Å². The molecule has 0 saturated carbocycles. The molecule has 0 bridgehead atoms. The summed E-state index contributed by atoms with van der Waals surface area (Å²) in [7, 11) is 2.13. The molecule has 0 spiro atoms. The first-order chi connectivity index (χ1) is 12.5. The van der Waals surface area contributed by atoms with Gasteiger partial charge in [-0.3, -0.25) is 4.90 Å². The van der Waals surface area contributed by atoms with Crippen LogP contribution in [0, 0.1) is 13.8 Å². The van der Waals surface area contributed by atoms with Gasteiger partial charge in [-0.15, -0.1) is 0 Å². The van der Waals surface area contributed by atoms with E-state index in [-0.39, 0.29) is 0 Å². The van der Waals surface area contributed by atoms with E-state index < -0.39 is 0 Å². The maximum atomic E-state index is 5.93. The maximum absolute atomic E-state index is 5.93. The van der Waals surface area contributed by atoms with Gasteiger partial charge >= 0.3 is 0 Å². The first kappa shape index (κ1) is 16.8. The number of anilines is 2. The molecule has 0 unspecified atom stereocenters. The molecule has 1 saturated heterocycles. The fourth-order valence-corrected chi connectivity index (χ4v) is 3.82. The Balaban J connectivity index is 1.46. The molecule has 4 rings (SSSR count). The Kier molecular flexibility index (Phi) is 4.28. The molecule has 3 heterocycles. The van der Waals surface area contributed by atoms with Crippen LogP contribution in [-0.4, -0.2) is 45.6 Å². The van der Waals surface area contributed by atoms with Crippen molar-refractivity contribution in [1.29, 1.82) is 0 Å². The smallest absolute Gasteiger partial charge is 0.227 e. The third-order valence-electron chi connectivity index (χ3n) is 5.33. The van der Waals surface area contributed by atoms with Crippen LogP contribution in [0.25, 0.3) is 10.9 Å². The number of hydrogen-bond donors (Lipinski definition) is 1. The molecule has 0 atom stereocenters. The van der Waals surface area contributed by atoms with Gasteiger partial charge < -0.3 is 15.2 Å². The monoisotopic (exact) mass is 350 g/mol. The fraction of sp³-hybridized carbons (Fsp3) is 0.400. The predicted molar refractivity (Wildman–Crippen MR) is 106 cm³/mol. The highest BCUT2D eigenvalue weighted by molar-refractivity contribution is 5.86. The van der Waals surface area contributed by atoms with Gasteiger partial charge in [0.25, 0.3) is 0 Å². The van der Waals surface area contributed by atoms with Gasteiger partial charge in [0.15, 0.2) is 0 Å². The lowest BCUT2D eigenvalue weighted by Gasteiger charge is -2.34. The average molecular weight is 350 g/mol.